The van der Waals surface area contributed by atoms with E-state index in [2.05, 4.69) is 14.9 Å². The number of nitrogens with one attached hydrogen (secondary N) is 1. The van der Waals surface area contributed by atoms with E-state index in [1.807, 2.05) is 6.07 Å². The third kappa shape index (κ3) is 1.79. The Labute approximate surface area is 99.3 Å². The molecule has 0 radical (unpaired) electrons. The molecule has 4 nitrogen and oxygen atoms in total. The van der Waals surface area contributed by atoms with Gasteiger partial charge in [-0.3, -0.25) is 9.78 Å². The largest absolute Gasteiger partial charge is 0.370 e. The number of aromatic amines is 1. The van der Waals surface area contributed by atoms with Crippen LogP contribution in [0.15, 0.2) is 29.3 Å². The minimum absolute atomic E-state index is 0.0161. The van der Waals surface area contributed by atoms with E-state index in [0.717, 1.165) is 24.3 Å². The number of aromatic nitrogens is 2. The fourth-order valence-electron chi connectivity index (χ4n) is 2.46. The number of piperidine rings is 1. The molecular formula is C13H15N3O. The van der Waals surface area contributed by atoms with Crippen LogP contribution in [0.3, 0.4) is 0 Å². The summed E-state index contributed by atoms with van der Waals surface area (Å²) in [6.45, 7) is 2.13. The molecule has 88 valence electrons. The van der Waals surface area contributed by atoms with E-state index in [1.165, 1.54) is 25.3 Å². The van der Waals surface area contributed by atoms with Gasteiger partial charge in [0.1, 0.15) is 5.52 Å². The first-order chi connectivity index (χ1) is 8.36. The highest BCUT2D eigenvalue weighted by Gasteiger charge is 2.14. The lowest BCUT2D eigenvalue weighted by atomic mass is 10.1. The Morgan fingerprint density at radius 1 is 1.18 bits per heavy atom. The molecule has 0 aliphatic carbocycles. The number of pyridine rings is 2. The van der Waals surface area contributed by atoms with Crippen molar-refractivity contribution in [3.05, 3.63) is 34.7 Å². The van der Waals surface area contributed by atoms with Crippen LogP contribution in [0.1, 0.15) is 19.3 Å². The van der Waals surface area contributed by atoms with Crippen LogP contribution in [0.5, 0.6) is 0 Å². The SMILES string of the molecule is O=c1cc[nH]c2c(N3CCCCC3)ccnc12. The van der Waals surface area contributed by atoms with Crippen molar-refractivity contribution in [2.24, 2.45) is 0 Å². The van der Waals surface area contributed by atoms with Gasteiger partial charge in [0.2, 0.25) is 5.43 Å². The molecule has 0 aromatic carbocycles. The lowest BCUT2D eigenvalue weighted by molar-refractivity contribution is 0.578. The number of fused-ring (bicyclic) bond motifs is 1. The molecule has 0 unspecified atom stereocenters. The summed E-state index contributed by atoms with van der Waals surface area (Å²) in [6, 6.07) is 3.51. The van der Waals surface area contributed by atoms with Crippen LogP contribution >= 0.6 is 0 Å². The van der Waals surface area contributed by atoms with Crippen molar-refractivity contribution in [3.8, 4) is 0 Å². The fourth-order valence-corrected chi connectivity index (χ4v) is 2.46. The second-order valence-electron chi connectivity index (χ2n) is 4.44. The first kappa shape index (κ1) is 10.3. The van der Waals surface area contributed by atoms with Crippen LogP contribution in [-0.4, -0.2) is 23.1 Å². The van der Waals surface area contributed by atoms with Crippen molar-refractivity contribution in [1.29, 1.82) is 0 Å². The van der Waals surface area contributed by atoms with Crippen molar-refractivity contribution < 1.29 is 0 Å². The summed E-state index contributed by atoms with van der Waals surface area (Å²) in [7, 11) is 0. The standard InChI is InChI=1S/C13H15N3O/c17-11-5-7-14-12-10(4-6-15-13(11)12)16-8-2-1-3-9-16/h4-7H,1-3,8-9H2,(H,14,17). The molecule has 1 aliphatic rings. The summed E-state index contributed by atoms with van der Waals surface area (Å²) in [6.07, 6.45) is 7.17. The summed E-state index contributed by atoms with van der Waals surface area (Å²) >= 11 is 0. The third-order valence-corrected chi connectivity index (χ3v) is 3.32. The number of anilines is 1. The van der Waals surface area contributed by atoms with Gasteiger partial charge in [-0.05, 0) is 25.3 Å². The molecule has 3 rings (SSSR count). The van der Waals surface area contributed by atoms with Crippen LogP contribution in [0.2, 0.25) is 0 Å². The Morgan fingerprint density at radius 2 is 2.00 bits per heavy atom. The molecule has 3 heterocycles. The van der Waals surface area contributed by atoms with Crippen LogP contribution in [0.4, 0.5) is 5.69 Å². The van der Waals surface area contributed by atoms with E-state index in [1.54, 1.807) is 12.4 Å². The van der Waals surface area contributed by atoms with Gasteiger partial charge < -0.3 is 9.88 Å². The Bertz CT molecular complexity index is 584. The van der Waals surface area contributed by atoms with Gasteiger partial charge in [-0.15, -0.1) is 0 Å². The monoisotopic (exact) mass is 229 g/mol. The molecule has 1 aliphatic heterocycles. The van der Waals surface area contributed by atoms with Crippen molar-refractivity contribution in [3.63, 3.8) is 0 Å². The minimum atomic E-state index is -0.0161. The molecule has 1 N–H and O–H groups in total. The number of hydrogen-bond donors (Lipinski definition) is 1. The second kappa shape index (κ2) is 4.20. The van der Waals surface area contributed by atoms with Gasteiger partial charge >= 0.3 is 0 Å². The van der Waals surface area contributed by atoms with Crippen LogP contribution in [-0.2, 0) is 0 Å². The smallest absolute Gasteiger partial charge is 0.207 e. The second-order valence-corrected chi connectivity index (χ2v) is 4.44. The molecule has 2 aromatic rings. The number of hydrogen-bond acceptors (Lipinski definition) is 3. The fraction of sp³-hybridized carbons (Fsp3) is 0.385. The lowest BCUT2D eigenvalue weighted by Crippen LogP contribution is -2.29. The van der Waals surface area contributed by atoms with Gasteiger partial charge in [-0.1, -0.05) is 0 Å². The van der Waals surface area contributed by atoms with Gasteiger partial charge in [-0.25, -0.2) is 0 Å². The summed E-state index contributed by atoms with van der Waals surface area (Å²) in [5.41, 5.74) is 2.49. The summed E-state index contributed by atoms with van der Waals surface area (Å²) in [5, 5.41) is 0. The molecule has 17 heavy (non-hydrogen) atoms. The van der Waals surface area contributed by atoms with E-state index < -0.39 is 0 Å². The Balaban J connectivity index is 2.15. The normalized spacial score (nSPS) is 16.4. The zero-order chi connectivity index (χ0) is 11.7. The predicted molar refractivity (Wildman–Crippen MR) is 68.4 cm³/mol. The maximum absolute atomic E-state index is 11.7. The number of rotatable bonds is 1. The first-order valence-corrected chi connectivity index (χ1v) is 6.07. The average Bonchev–Trinajstić information content (AvgIpc) is 2.40. The maximum atomic E-state index is 11.7. The quantitative estimate of drug-likeness (QED) is 0.812. The van der Waals surface area contributed by atoms with Crippen LogP contribution in [0.25, 0.3) is 11.0 Å². The number of H-pyrrole nitrogens is 1. The predicted octanol–water partition coefficient (Wildman–Crippen LogP) is 1.91. The molecule has 2 aromatic heterocycles. The highest BCUT2D eigenvalue weighted by atomic mass is 16.1. The van der Waals surface area contributed by atoms with Gasteiger partial charge in [0.15, 0.2) is 0 Å². The molecule has 0 bridgehead atoms. The van der Waals surface area contributed by atoms with E-state index in [-0.39, 0.29) is 5.43 Å². The van der Waals surface area contributed by atoms with Gasteiger partial charge in [0.05, 0.1) is 11.2 Å². The van der Waals surface area contributed by atoms with E-state index in [9.17, 15) is 4.79 Å². The van der Waals surface area contributed by atoms with Crippen LogP contribution < -0.4 is 10.3 Å². The first-order valence-electron chi connectivity index (χ1n) is 6.07. The van der Waals surface area contributed by atoms with E-state index >= 15 is 0 Å². The van der Waals surface area contributed by atoms with Crippen molar-refractivity contribution in [1.82, 2.24) is 9.97 Å². The summed E-state index contributed by atoms with van der Waals surface area (Å²) < 4.78 is 0. The summed E-state index contributed by atoms with van der Waals surface area (Å²) in [4.78, 5) is 21.4. The van der Waals surface area contributed by atoms with Crippen molar-refractivity contribution >= 4 is 16.7 Å². The molecule has 0 saturated carbocycles. The van der Waals surface area contributed by atoms with Gasteiger partial charge in [0.25, 0.3) is 0 Å². The van der Waals surface area contributed by atoms with Gasteiger partial charge in [-0.2, -0.15) is 0 Å². The lowest BCUT2D eigenvalue weighted by Gasteiger charge is -2.29. The molecule has 0 amide bonds. The molecular weight excluding hydrogens is 214 g/mol. The summed E-state index contributed by atoms with van der Waals surface area (Å²) in [5.74, 6) is 0. The number of nitrogens with zero attached hydrogens (tertiary/aromatic N) is 2. The maximum Gasteiger partial charge on any atom is 0.207 e. The van der Waals surface area contributed by atoms with E-state index in [0.29, 0.717) is 5.52 Å². The Morgan fingerprint density at radius 3 is 2.82 bits per heavy atom. The Hall–Kier alpha value is -1.84. The minimum Gasteiger partial charge on any atom is -0.370 e. The van der Waals surface area contributed by atoms with E-state index in [4.69, 9.17) is 0 Å². The van der Waals surface area contributed by atoms with Crippen molar-refractivity contribution in [2.45, 2.75) is 19.3 Å². The average molecular weight is 229 g/mol. The molecule has 0 atom stereocenters. The third-order valence-electron chi connectivity index (χ3n) is 3.32. The zero-order valence-electron chi connectivity index (χ0n) is 9.65. The highest BCUT2D eigenvalue weighted by molar-refractivity contribution is 5.87. The van der Waals surface area contributed by atoms with Crippen LogP contribution in [0, 0.1) is 0 Å². The molecule has 0 spiro atoms. The van der Waals surface area contributed by atoms with Crippen molar-refractivity contribution in [2.75, 3.05) is 18.0 Å². The molecule has 1 saturated heterocycles. The molecule has 1 fully saturated rings. The topological polar surface area (TPSA) is 49.0 Å². The highest BCUT2D eigenvalue weighted by Crippen LogP contribution is 2.24. The molecule has 4 heteroatoms. The zero-order valence-corrected chi connectivity index (χ0v) is 9.65. The Kier molecular flexibility index (Phi) is 2.55. The van der Waals surface area contributed by atoms with Gasteiger partial charge in [0, 0.05) is 31.5 Å².